The highest BCUT2D eigenvalue weighted by Gasteiger charge is 2.45. The van der Waals surface area contributed by atoms with Crippen LogP contribution in [0.15, 0.2) is 103 Å². The number of likely N-dealkylation sites (N-methyl/N-ethyl adjacent to an activating group) is 1. The van der Waals surface area contributed by atoms with Crippen molar-refractivity contribution >= 4 is 181 Å². The minimum atomic E-state index is -2.21. The number of carboxylic acid groups (broad SMARTS) is 7. The minimum Gasteiger partial charge on any atom is -0.481 e. The van der Waals surface area contributed by atoms with Gasteiger partial charge in [-0.1, -0.05) is 67.3 Å². The smallest absolute Gasteiger partial charge is 0.326 e. The first kappa shape index (κ1) is 95.2. The van der Waals surface area contributed by atoms with Crippen LogP contribution in [0.5, 0.6) is 0 Å². The number of fused-ring (bicyclic) bond motifs is 3. The number of hydrogen-bond donors (Lipinski definition) is 12. The second-order valence-electron chi connectivity index (χ2n) is 29.6. The molecular formula is C81H100Br4N9O22+. The van der Waals surface area contributed by atoms with Crippen molar-refractivity contribution in [3.05, 3.63) is 119 Å². The van der Waals surface area contributed by atoms with Crippen molar-refractivity contribution in [1.29, 1.82) is 0 Å². The van der Waals surface area contributed by atoms with E-state index in [1.54, 1.807) is 6.33 Å². The SMILES string of the molecule is CCN1/C(=C/C=C/C=C/C2=[N+](CC)c3ccc(C)cc3C2(C)C)C(C)(CCCC(=O)NCCCCC(NC(=O)[C@H](CC(=O)O)CC(=O)[C@H](CC(=O)O)NC(=O)[C@H](CC(=O)O)CC(=O)[C@H](CC(=O)O)NC(=O)[C@H](CC(=O)O)CC(=O)[C@@H](CC(=O)O)NC(=O)CCCCCCCn2cnc3c(Br)c(Br)c(Br)c(Br)c32)C(=O)O)c2ccccc21. The summed E-state index contributed by atoms with van der Waals surface area (Å²) in [5.74, 6) is -27.0. The number of halogens is 4. The molecule has 3 heterocycles. The van der Waals surface area contributed by atoms with E-state index in [0.717, 1.165) is 65.3 Å². The Hall–Kier alpha value is -9.61. The number of carbonyl (C=O) groups excluding carboxylic acids is 8. The Morgan fingerprint density at radius 2 is 1.03 bits per heavy atom. The number of unbranched alkanes of at least 4 members (excludes halogenated alkanes) is 5. The Labute approximate surface area is 703 Å². The summed E-state index contributed by atoms with van der Waals surface area (Å²) in [5, 5.41) is 80.3. The van der Waals surface area contributed by atoms with Gasteiger partial charge >= 0.3 is 41.8 Å². The lowest BCUT2D eigenvalue weighted by Crippen LogP contribution is -2.50. The molecule has 2 aliphatic heterocycles. The highest BCUT2D eigenvalue weighted by atomic mass is 79.9. The summed E-state index contributed by atoms with van der Waals surface area (Å²) in [6, 6.07) is 6.87. The quantitative estimate of drug-likeness (QED) is 0.00642. The summed E-state index contributed by atoms with van der Waals surface area (Å²) in [5.41, 5.74) is 9.16. The maximum absolute atomic E-state index is 14.0. The number of allylic oxidation sites excluding steroid dienone is 6. The number of anilines is 1. The zero-order chi connectivity index (χ0) is 86.1. The molecule has 0 fully saturated rings. The van der Waals surface area contributed by atoms with Gasteiger partial charge in [-0.25, -0.2) is 9.78 Å². The number of imidazole rings is 1. The summed E-state index contributed by atoms with van der Waals surface area (Å²) in [6.45, 7) is 15.2. The van der Waals surface area contributed by atoms with Gasteiger partial charge in [-0.3, -0.25) is 67.1 Å². The van der Waals surface area contributed by atoms with Crippen LogP contribution in [-0.4, -0.2) is 188 Å². The zero-order valence-electron chi connectivity index (χ0n) is 65.3. The van der Waals surface area contributed by atoms with Crippen molar-refractivity contribution in [3.8, 4) is 0 Å². The summed E-state index contributed by atoms with van der Waals surface area (Å²) < 4.78 is 7.50. The Kier molecular flexibility index (Phi) is 36.7. The second-order valence-corrected chi connectivity index (χ2v) is 32.8. The number of aliphatic carboxylic acids is 7. The van der Waals surface area contributed by atoms with E-state index in [-0.39, 0.29) is 50.0 Å². The van der Waals surface area contributed by atoms with Crippen LogP contribution >= 0.6 is 63.7 Å². The van der Waals surface area contributed by atoms with Gasteiger partial charge in [0, 0.05) is 95.2 Å². The summed E-state index contributed by atoms with van der Waals surface area (Å²) in [7, 11) is 0. The number of nitrogens with zero attached hydrogens (tertiary/aromatic N) is 4. The van der Waals surface area contributed by atoms with Crippen LogP contribution in [0.4, 0.5) is 11.4 Å². The number of rotatable bonds is 51. The number of carboxylic acids is 7. The number of ketones is 3. The number of hydrogen-bond acceptors (Lipinski definition) is 17. The van der Waals surface area contributed by atoms with Gasteiger partial charge in [0.1, 0.15) is 18.1 Å². The van der Waals surface area contributed by atoms with Gasteiger partial charge in [-0.15, -0.1) is 0 Å². The molecule has 31 nitrogen and oxygen atoms in total. The van der Waals surface area contributed by atoms with E-state index in [1.165, 1.54) is 22.5 Å². The largest absolute Gasteiger partial charge is 0.481 e. The molecule has 2 unspecified atom stereocenters. The highest BCUT2D eigenvalue weighted by molar-refractivity contribution is 9.15. The van der Waals surface area contributed by atoms with E-state index in [0.29, 0.717) is 45.2 Å². The van der Waals surface area contributed by atoms with Crippen LogP contribution in [0.2, 0.25) is 0 Å². The lowest BCUT2D eigenvalue weighted by atomic mass is 9.77. The molecule has 4 aromatic rings. The van der Waals surface area contributed by atoms with Crippen molar-refractivity contribution in [2.75, 3.05) is 24.5 Å². The van der Waals surface area contributed by atoms with Gasteiger partial charge in [-0.2, -0.15) is 4.58 Å². The van der Waals surface area contributed by atoms with E-state index in [2.05, 4.69) is 184 Å². The molecule has 6 rings (SSSR count). The normalized spacial score (nSPS) is 16.4. The Bertz CT molecular complexity index is 4530. The molecule has 5 amide bonds. The molecule has 0 saturated heterocycles. The first-order chi connectivity index (χ1) is 54.7. The Balaban J connectivity index is 1.01. The van der Waals surface area contributed by atoms with Crippen molar-refractivity contribution in [3.63, 3.8) is 0 Å². The topological polar surface area (TPSA) is 482 Å². The van der Waals surface area contributed by atoms with Gasteiger partial charge in [0.2, 0.25) is 35.2 Å². The van der Waals surface area contributed by atoms with Crippen LogP contribution in [0.1, 0.15) is 186 Å². The van der Waals surface area contributed by atoms with E-state index in [4.69, 9.17) is 0 Å². The second kappa shape index (κ2) is 44.6. The van der Waals surface area contributed by atoms with Crippen molar-refractivity contribution in [2.45, 2.75) is 218 Å². The lowest BCUT2D eigenvalue weighted by molar-refractivity contribution is -0.433. The molecule has 35 heteroatoms. The molecule has 0 bridgehead atoms. The zero-order valence-corrected chi connectivity index (χ0v) is 71.6. The van der Waals surface area contributed by atoms with Crippen LogP contribution in [0.25, 0.3) is 11.0 Å². The van der Waals surface area contributed by atoms with Crippen molar-refractivity contribution in [1.82, 2.24) is 36.1 Å². The molecule has 1 aromatic heterocycles. The average molecular weight is 1870 g/mol. The van der Waals surface area contributed by atoms with Crippen LogP contribution in [-0.2, 0) is 89.3 Å². The molecule has 628 valence electrons. The molecule has 12 N–H and O–H groups in total. The minimum absolute atomic E-state index is 0.105. The fourth-order valence-electron chi connectivity index (χ4n) is 14.7. The average Bonchev–Trinajstić information content (AvgIpc) is 1.60. The molecule has 3 aromatic carbocycles. The molecule has 0 spiro atoms. The third-order valence-corrected chi connectivity index (χ3v) is 25.3. The number of benzene rings is 3. The first-order valence-electron chi connectivity index (χ1n) is 38.2. The van der Waals surface area contributed by atoms with Gasteiger partial charge < -0.3 is 71.8 Å². The molecule has 8 atom stereocenters. The number of nitrogens with one attached hydrogen (secondary N) is 5. The van der Waals surface area contributed by atoms with E-state index in [1.807, 2.05) is 39.5 Å². The van der Waals surface area contributed by atoms with E-state index in [9.17, 15) is 108 Å². The van der Waals surface area contributed by atoms with Gasteiger partial charge in [0.05, 0.1) is 101 Å². The fraction of sp³-hybridized carbons (Fsp3) is 0.494. The maximum atomic E-state index is 14.0. The number of Topliss-reactive ketones (excluding diaryl/α,β-unsaturated/α-hetero) is 3. The predicted molar refractivity (Wildman–Crippen MR) is 440 cm³/mol. The number of aryl methyl sites for hydroxylation is 2. The van der Waals surface area contributed by atoms with Crippen molar-refractivity contribution in [2.24, 2.45) is 17.8 Å². The number of aromatic nitrogens is 2. The van der Waals surface area contributed by atoms with Gasteiger partial charge in [0.15, 0.2) is 23.1 Å². The third kappa shape index (κ3) is 26.7. The Morgan fingerprint density at radius 1 is 0.526 bits per heavy atom. The van der Waals surface area contributed by atoms with Crippen LogP contribution in [0.3, 0.4) is 0 Å². The number of carbonyl (C=O) groups is 15. The summed E-state index contributed by atoms with van der Waals surface area (Å²) in [4.78, 5) is 201. The monoisotopic (exact) mass is 1870 g/mol. The standard InChI is InChI=1S/C81H99Br4N9O22/c1-7-93-56-30-29-45(3)34-50(56)80(4,5)60(93)25-13-12-14-26-61-81(6,49-22-16-17-24-55(49)94(61)8-2)31-21-28-62(98)86-32-19-18-23-51(79(115)116)89-76(112)46(38-64(100)101)36-58(96)53(42-68(108)109)91-78(114)48(40-66(104)105)37-59(97)54(43-69(110)111)90-77(113)47(39-65(102)103)35-57(95)52(41-67(106)107)88-63(99)27-15-10-9-11-20-33-92-44-87-74-72(84)70(82)71(83)73(85)75(74)92/h12-14,16-17,22,24-26,29-30,34,44,46-48,51-54H,7-11,15,18-21,23,27-28,31-33,35-43H2,1-6H3,(H11-,86,88,89,90,91,98,99,100,101,102,103,104,105,106,107,108,109,110,111,112,113,114,115,116)/p+1/t46-,47-,48-,51?,52+,53-,54-,81?/m0/s1. The van der Waals surface area contributed by atoms with Gasteiger partial charge in [0.25, 0.3) is 0 Å². The van der Waals surface area contributed by atoms with Crippen LogP contribution in [0, 0.1) is 24.7 Å². The molecule has 0 aliphatic carbocycles. The van der Waals surface area contributed by atoms with E-state index < -0.39 is 188 Å². The third-order valence-electron chi connectivity index (χ3n) is 20.6. The highest BCUT2D eigenvalue weighted by Crippen LogP contribution is 2.51. The molecule has 2 aliphatic rings. The molecular weight excluding hydrogens is 1770 g/mol. The number of para-hydroxylation sites is 1. The van der Waals surface area contributed by atoms with Gasteiger partial charge in [-0.05, 0) is 174 Å². The van der Waals surface area contributed by atoms with Crippen LogP contribution < -0.4 is 31.5 Å². The lowest BCUT2D eigenvalue weighted by Gasteiger charge is -2.30. The van der Waals surface area contributed by atoms with E-state index >= 15 is 0 Å². The molecule has 116 heavy (non-hydrogen) atoms. The van der Waals surface area contributed by atoms with Crippen molar-refractivity contribution < 1.29 is 112 Å². The Morgan fingerprint density at radius 3 is 1.55 bits per heavy atom. The molecule has 0 radical (unpaired) electrons. The number of amides is 5. The maximum Gasteiger partial charge on any atom is 0.326 e. The molecule has 0 saturated carbocycles. The fourth-order valence-corrected chi connectivity index (χ4v) is 17.1. The predicted octanol–water partition coefficient (Wildman–Crippen LogP) is 10.7. The first-order valence-corrected chi connectivity index (χ1v) is 41.4. The summed E-state index contributed by atoms with van der Waals surface area (Å²) >= 11 is 14.2. The summed E-state index contributed by atoms with van der Waals surface area (Å²) in [6.07, 6.45) is 5.73.